The molecule has 1 atom stereocenters. The van der Waals surface area contributed by atoms with E-state index in [0.717, 1.165) is 5.69 Å². The summed E-state index contributed by atoms with van der Waals surface area (Å²) in [6, 6.07) is 0. The highest BCUT2D eigenvalue weighted by Crippen LogP contribution is 2.20. The minimum Gasteiger partial charge on any atom is -0.255 e. The Bertz CT molecular complexity index is 227. The number of aromatic nitrogens is 3. The Kier molecular flexibility index (Phi) is 2.27. The fourth-order valence-electron chi connectivity index (χ4n) is 0.915. The summed E-state index contributed by atoms with van der Waals surface area (Å²) in [5.41, 5.74) is 1.09. The van der Waals surface area contributed by atoms with Crippen molar-refractivity contribution in [1.29, 1.82) is 0 Å². The first-order chi connectivity index (χ1) is 5.11. The number of hydrogen-bond acceptors (Lipinski definition) is 2. The third-order valence-electron chi connectivity index (χ3n) is 2.09. The van der Waals surface area contributed by atoms with Gasteiger partial charge in [0.15, 0.2) is 0 Å². The second-order valence-corrected chi connectivity index (χ2v) is 3.35. The molecule has 1 aromatic heterocycles. The lowest BCUT2D eigenvalue weighted by molar-refractivity contribution is 0.522. The third kappa shape index (κ3) is 1.79. The van der Waals surface area contributed by atoms with Crippen molar-refractivity contribution >= 4 is 0 Å². The zero-order valence-corrected chi connectivity index (χ0v) is 7.57. The van der Waals surface area contributed by atoms with Crippen LogP contribution in [0, 0.1) is 5.92 Å². The zero-order chi connectivity index (χ0) is 8.43. The van der Waals surface area contributed by atoms with Crippen LogP contribution in [0.5, 0.6) is 0 Å². The molecule has 1 unspecified atom stereocenters. The molecule has 1 rings (SSSR count). The van der Waals surface area contributed by atoms with Gasteiger partial charge in [-0.1, -0.05) is 26.0 Å². The lowest BCUT2D eigenvalue weighted by Crippen LogP contribution is -2.02. The molecule has 0 saturated heterocycles. The van der Waals surface area contributed by atoms with Crippen molar-refractivity contribution in [1.82, 2.24) is 15.0 Å². The van der Waals surface area contributed by atoms with Crippen LogP contribution in [0.15, 0.2) is 6.20 Å². The molecule has 3 nitrogen and oxygen atoms in total. The predicted molar refractivity (Wildman–Crippen MR) is 44.3 cm³/mol. The first-order valence-electron chi connectivity index (χ1n) is 3.97. The van der Waals surface area contributed by atoms with E-state index in [9.17, 15) is 0 Å². The van der Waals surface area contributed by atoms with E-state index in [1.165, 1.54) is 0 Å². The summed E-state index contributed by atoms with van der Waals surface area (Å²) in [5.74, 6) is 1.13. The standard InChI is InChI=1S/C8H15N3/c1-6(2)7(3)8-5-11(4)10-9-8/h5-7H,1-4H3. The van der Waals surface area contributed by atoms with Gasteiger partial charge in [0.05, 0.1) is 5.69 Å². The maximum Gasteiger partial charge on any atom is 0.0857 e. The summed E-state index contributed by atoms with van der Waals surface area (Å²) >= 11 is 0. The van der Waals surface area contributed by atoms with Crippen molar-refractivity contribution in [3.63, 3.8) is 0 Å². The largest absolute Gasteiger partial charge is 0.255 e. The molecule has 0 aliphatic carbocycles. The molecule has 0 aliphatic rings. The molecule has 0 bridgehead atoms. The fraction of sp³-hybridized carbons (Fsp3) is 0.750. The van der Waals surface area contributed by atoms with E-state index in [2.05, 4.69) is 31.1 Å². The number of hydrogen-bond donors (Lipinski definition) is 0. The number of aryl methyl sites for hydroxylation is 1. The van der Waals surface area contributed by atoms with Crippen molar-refractivity contribution in [3.05, 3.63) is 11.9 Å². The van der Waals surface area contributed by atoms with Crippen LogP contribution in [0.4, 0.5) is 0 Å². The summed E-state index contributed by atoms with van der Waals surface area (Å²) in [6.07, 6.45) is 1.98. The monoisotopic (exact) mass is 153 g/mol. The summed E-state index contributed by atoms with van der Waals surface area (Å²) < 4.78 is 1.74. The van der Waals surface area contributed by atoms with Crippen LogP contribution >= 0.6 is 0 Å². The lowest BCUT2D eigenvalue weighted by atomic mass is 9.95. The van der Waals surface area contributed by atoms with Gasteiger partial charge in [0.1, 0.15) is 0 Å². The Morgan fingerprint density at radius 3 is 2.36 bits per heavy atom. The van der Waals surface area contributed by atoms with Crippen LogP contribution in [0.25, 0.3) is 0 Å². The molecule has 0 N–H and O–H groups in total. The number of rotatable bonds is 2. The van der Waals surface area contributed by atoms with Crippen molar-refractivity contribution in [2.45, 2.75) is 26.7 Å². The highest BCUT2D eigenvalue weighted by Gasteiger charge is 2.12. The molecule has 0 saturated carbocycles. The minimum absolute atomic E-state index is 0.503. The average Bonchev–Trinajstić information content (AvgIpc) is 2.34. The van der Waals surface area contributed by atoms with Crippen LogP contribution < -0.4 is 0 Å². The van der Waals surface area contributed by atoms with Crippen molar-refractivity contribution < 1.29 is 0 Å². The topological polar surface area (TPSA) is 30.7 Å². The van der Waals surface area contributed by atoms with Gasteiger partial charge in [0, 0.05) is 19.2 Å². The molecular weight excluding hydrogens is 138 g/mol. The van der Waals surface area contributed by atoms with Gasteiger partial charge in [0.25, 0.3) is 0 Å². The van der Waals surface area contributed by atoms with Gasteiger partial charge >= 0.3 is 0 Å². The molecule has 0 spiro atoms. The van der Waals surface area contributed by atoms with Crippen LogP contribution in [-0.4, -0.2) is 15.0 Å². The highest BCUT2D eigenvalue weighted by molar-refractivity contribution is 5.00. The van der Waals surface area contributed by atoms with Crippen LogP contribution in [-0.2, 0) is 7.05 Å². The van der Waals surface area contributed by atoms with Crippen LogP contribution in [0.3, 0.4) is 0 Å². The van der Waals surface area contributed by atoms with E-state index in [-0.39, 0.29) is 0 Å². The van der Waals surface area contributed by atoms with Crippen molar-refractivity contribution in [2.24, 2.45) is 13.0 Å². The summed E-state index contributed by atoms with van der Waals surface area (Å²) in [5, 5.41) is 7.94. The zero-order valence-electron chi connectivity index (χ0n) is 7.57. The van der Waals surface area contributed by atoms with E-state index >= 15 is 0 Å². The van der Waals surface area contributed by atoms with Gasteiger partial charge in [-0.25, -0.2) is 0 Å². The Morgan fingerprint density at radius 1 is 1.36 bits per heavy atom. The minimum atomic E-state index is 0.503. The maximum atomic E-state index is 4.05. The molecule has 0 aromatic carbocycles. The fourth-order valence-corrected chi connectivity index (χ4v) is 0.915. The third-order valence-corrected chi connectivity index (χ3v) is 2.09. The first kappa shape index (κ1) is 8.24. The van der Waals surface area contributed by atoms with Crippen LogP contribution in [0.2, 0.25) is 0 Å². The Balaban J connectivity index is 2.76. The molecule has 0 radical (unpaired) electrons. The van der Waals surface area contributed by atoms with Gasteiger partial charge in [-0.3, -0.25) is 4.68 Å². The lowest BCUT2D eigenvalue weighted by Gasteiger charge is -2.10. The van der Waals surface area contributed by atoms with E-state index in [1.54, 1.807) is 4.68 Å². The van der Waals surface area contributed by atoms with Gasteiger partial charge in [-0.2, -0.15) is 0 Å². The first-order valence-corrected chi connectivity index (χ1v) is 3.97. The van der Waals surface area contributed by atoms with E-state index in [4.69, 9.17) is 0 Å². The smallest absolute Gasteiger partial charge is 0.0857 e. The van der Waals surface area contributed by atoms with Gasteiger partial charge < -0.3 is 0 Å². The highest BCUT2D eigenvalue weighted by atomic mass is 15.4. The molecule has 0 fully saturated rings. The normalized spacial score (nSPS) is 13.9. The van der Waals surface area contributed by atoms with Gasteiger partial charge in [-0.05, 0) is 5.92 Å². The summed E-state index contributed by atoms with van der Waals surface area (Å²) in [6.45, 7) is 6.56. The maximum absolute atomic E-state index is 4.05. The summed E-state index contributed by atoms with van der Waals surface area (Å²) in [4.78, 5) is 0. The average molecular weight is 153 g/mol. The van der Waals surface area contributed by atoms with Crippen molar-refractivity contribution in [3.8, 4) is 0 Å². The molecule has 1 aromatic rings. The Labute approximate surface area is 67.4 Å². The quantitative estimate of drug-likeness (QED) is 0.645. The summed E-state index contributed by atoms with van der Waals surface area (Å²) in [7, 11) is 1.89. The van der Waals surface area contributed by atoms with Gasteiger partial charge in [-0.15, -0.1) is 5.10 Å². The molecule has 62 valence electrons. The van der Waals surface area contributed by atoms with Gasteiger partial charge in [0.2, 0.25) is 0 Å². The Morgan fingerprint density at radius 2 is 2.00 bits per heavy atom. The molecule has 0 amide bonds. The Hall–Kier alpha value is -0.860. The van der Waals surface area contributed by atoms with Crippen LogP contribution in [0.1, 0.15) is 32.4 Å². The second kappa shape index (κ2) is 3.03. The molecular formula is C8H15N3. The van der Waals surface area contributed by atoms with E-state index in [1.807, 2.05) is 13.2 Å². The predicted octanol–water partition coefficient (Wildman–Crippen LogP) is 1.57. The molecule has 3 heteroatoms. The SMILES string of the molecule is CC(C)C(C)c1cn(C)nn1. The molecule has 0 aliphatic heterocycles. The van der Waals surface area contributed by atoms with E-state index < -0.39 is 0 Å². The second-order valence-electron chi connectivity index (χ2n) is 3.35. The van der Waals surface area contributed by atoms with E-state index in [0.29, 0.717) is 11.8 Å². The molecule has 11 heavy (non-hydrogen) atoms. The number of nitrogens with zero attached hydrogens (tertiary/aromatic N) is 3. The molecule has 1 heterocycles. The van der Waals surface area contributed by atoms with Crippen molar-refractivity contribution in [2.75, 3.05) is 0 Å².